The number of amides is 3. The van der Waals surface area contributed by atoms with Gasteiger partial charge in [-0.25, -0.2) is 0 Å². The Bertz CT molecular complexity index is 1230. The van der Waals surface area contributed by atoms with E-state index in [2.05, 4.69) is 22.3 Å². The number of carbonyl (C=O) groups excluding carboxylic acids is 3. The van der Waals surface area contributed by atoms with Crippen molar-refractivity contribution in [2.75, 3.05) is 26.3 Å². The van der Waals surface area contributed by atoms with Gasteiger partial charge < -0.3 is 31.6 Å². The third-order valence-electron chi connectivity index (χ3n) is 7.32. The summed E-state index contributed by atoms with van der Waals surface area (Å²) in [5.74, 6) is -1.96. The largest absolute Gasteiger partial charge is 0.489 e. The molecule has 0 aromatic heterocycles. The maximum atomic E-state index is 13.3. The van der Waals surface area contributed by atoms with Gasteiger partial charge in [0, 0.05) is 30.8 Å². The number of ether oxygens (including phenoxy) is 2. The molecule has 0 radical (unpaired) electrons. The summed E-state index contributed by atoms with van der Waals surface area (Å²) in [6.07, 6.45) is 0. The van der Waals surface area contributed by atoms with Crippen LogP contribution in [-0.4, -0.2) is 71.2 Å². The van der Waals surface area contributed by atoms with E-state index in [0.29, 0.717) is 16.9 Å². The van der Waals surface area contributed by atoms with Crippen molar-refractivity contribution >= 4 is 17.7 Å². The van der Waals surface area contributed by atoms with Crippen LogP contribution in [0.5, 0.6) is 5.75 Å². The zero-order valence-corrected chi connectivity index (χ0v) is 20.3. The average molecular weight is 510 g/mol. The molecule has 3 aliphatic heterocycles. The van der Waals surface area contributed by atoms with Crippen LogP contribution in [0.2, 0.25) is 0 Å². The summed E-state index contributed by atoms with van der Waals surface area (Å²) in [6, 6.07) is 11.7. The minimum absolute atomic E-state index is 0.0934. The van der Waals surface area contributed by atoms with Gasteiger partial charge in [0.15, 0.2) is 0 Å². The summed E-state index contributed by atoms with van der Waals surface area (Å²) in [5.41, 5.74) is 23.0. The van der Waals surface area contributed by atoms with Crippen molar-refractivity contribution < 1.29 is 23.9 Å². The number of piperidine rings is 1. The molecule has 0 bridgehead atoms. The average Bonchev–Trinajstić information content (AvgIpc) is 3.24. The van der Waals surface area contributed by atoms with E-state index in [1.165, 1.54) is 5.56 Å². The summed E-state index contributed by atoms with van der Waals surface area (Å²) in [5, 5.41) is 2.07. The maximum absolute atomic E-state index is 13.3. The summed E-state index contributed by atoms with van der Waals surface area (Å²) in [7, 11) is 0. The first kappa shape index (κ1) is 25.3. The van der Waals surface area contributed by atoms with Crippen molar-refractivity contribution in [1.82, 2.24) is 15.1 Å². The number of hydrogen-bond acceptors (Lipinski definition) is 10. The van der Waals surface area contributed by atoms with Crippen molar-refractivity contribution in [3.63, 3.8) is 0 Å². The number of hydrogen-bond donors (Lipinski definition) is 5. The van der Waals surface area contributed by atoms with Crippen molar-refractivity contribution in [2.45, 2.75) is 37.1 Å². The molecule has 2 saturated heterocycles. The lowest BCUT2D eigenvalue weighted by Crippen LogP contribution is -2.92. The van der Waals surface area contributed by atoms with Crippen LogP contribution < -0.4 is 33.0 Å². The van der Waals surface area contributed by atoms with Gasteiger partial charge in [0.05, 0.1) is 19.8 Å². The molecular weight excluding hydrogens is 478 g/mol. The number of nitrogens with two attached hydrogens (primary N) is 4. The molecule has 2 fully saturated rings. The Labute approximate surface area is 213 Å². The van der Waals surface area contributed by atoms with Crippen LogP contribution in [0, 0.1) is 0 Å². The van der Waals surface area contributed by atoms with Crippen LogP contribution in [0.3, 0.4) is 0 Å². The second-order valence-electron chi connectivity index (χ2n) is 9.66. The summed E-state index contributed by atoms with van der Waals surface area (Å²) in [6.45, 7) is 4.39. The molecule has 2 aromatic rings. The van der Waals surface area contributed by atoms with Gasteiger partial charge in [-0.1, -0.05) is 30.3 Å². The van der Waals surface area contributed by atoms with Crippen molar-refractivity contribution in [1.29, 1.82) is 0 Å². The highest BCUT2D eigenvalue weighted by Gasteiger charge is 2.64. The van der Waals surface area contributed by atoms with Crippen LogP contribution in [0.25, 0.3) is 0 Å². The predicted octanol–water partition coefficient (Wildman–Crippen LogP) is -1.69. The minimum atomic E-state index is -2.26. The van der Waals surface area contributed by atoms with E-state index in [9.17, 15) is 14.4 Å². The molecule has 2 atom stereocenters. The normalized spacial score (nSPS) is 25.7. The van der Waals surface area contributed by atoms with Gasteiger partial charge >= 0.3 is 0 Å². The van der Waals surface area contributed by atoms with Crippen molar-refractivity contribution in [2.24, 2.45) is 22.9 Å². The molecule has 9 N–H and O–H groups in total. The van der Waals surface area contributed by atoms with Gasteiger partial charge in [0.2, 0.25) is 11.6 Å². The lowest BCUT2D eigenvalue weighted by atomic mass is 9.82. The van der Waals surface area contributed by atoms with Crippen LogP contribution >= 0.6 is 0 Å². The lowest BCUT2D eigenvalue weighted by molar-refractivity contribution is -0.150. The Balaban J connectivity index is 1.31. The van der Waals surface area contributed by atoms with Gasteiger partial charge in [0.25, 0.3) is 11.8 Å². The quantitative estimate of drug-likeness (QED) is 0.222. The molecule has 2 unspecified atom stereocenters. The van der Waals surface area contributed by atoms with E-state index < -0.39 is 35.1 Å². The van der Waals surface area contributed by atoms with Gasteiger partial charge in [-0.3, -0.25) is 30.3 Å². The Hall–Kier alpha value is -3.39. The number of nitrogens with one attached hydrogen (secondary N) is 1. The molecule has 12 nitrogen and oxygen atoms in total. The molecule has 12 heteroatoms. The fraction of sp³-hybridized carbons (Fsp3) is 0.400. The molecule has 3 heterocycles. The number of morpholine rings is 1. The highest BCUT2D eigenvalue weighted by Crippen LogP contribution is 2.37. The molecular formula is C25H31N7O5. The third kappa shape index (κ3) is 4.27. The monoisotopic (exact) mass is 509 g/mol. The molecule has 3 amide bonds. The third-order valence-corrected chi connectivity index (χ3v) is 7.32. The molecule has 2 aromatic carbocycles. The second-order valence-corrected chi connectivity index (χ2v) is 9.66. The molecule has 37 heavy (non-hydrogen) atoms. The molecule has 3 aliphatic rings. The summed E-state index contributed by atoms with van der Waals surface area (Å²) >= 11 is 0. The van der Waals surface area contributed by atoms with Gasteiger partial charge in [-0.05, 0) is 23.3 Å². The van der Waals surface area contributed by atoms with Gasteiger partial charge in [-0.2, -0.15) is 0 Å². The fourth-order valence-corrected chi connectivity index (χ4v) is 4.94. The SMILES string of the molecule is NC1C(=O)NC(=O)C(N)(N2Cc3c(OCc4ccc(CN5CCOCC5)cc4)cccc3C2=O)C1(N)N. The molecule has 196 valence electrons. The first-order chi connectivity index (χ1) is 17.6. The van der Waals surface area contributed by atoms with E-state index >= 15 is 0 Å². The second kappa shape index (κ2) is 9.49. The highest BCUT2D eigenvalue weighted by atomic mass is 16.5. The molecule has 0 aliphatic carbocycles. The van der Waals surface area contributed by atoms with E-state index in [1.807, 2.05) is 12.1 Å². The van der Waals surface area contributed by atoms with Gasteiger partial charge in [-0.15, -0.1) is 0 Å². The molecule has 0 saturated carbocycles. The Morgan fingerprint density at radius 1 is 1.00 bits per heavy atom. The standard InChI is InChI=1S/C25H31N7O5/c26-20-21(33)30-23(35)25(29,24(20,27)28)32-13-18-17(22(32)34)2-1-3-19(18)37-14-16-6-4-15(5-7-16)12-31-8-10-36-11-9-31/h1-7,20H,8-14,26-29H2,(H,30,33,35). The number of fused-ring (bicyclic) bond motifs is 1. The number of imide groups is 1. The first-order valence-electron chi connectivity index (χ1n) is 12.0. The summed E-state index contributed by atoms with van der Waals surface area (Å²) < 4.78 is 11.5. The number of rotatable bonds is 6. The van der Waals surface area contributed by atoms with Crippen molar-refractivity contribution in [3.05, 3.63) is 64.7 Å². The van der Waals surface area contributed by atoms with Crippen molar-refractivity contribution in [3.8, 4) is 5.75 Å². The molecule has 0 spiro atoms. The van der Waals surface area contributed by atoms with E-state index in [-0.39, 0.29) is 13.2 Å². The number of nitrogens with zero attached hydrogens (tertiary/aromatic N) is 2. The van der Waals surface area contributed by atoms with E-state index in [4.69, 9.17) is 32.4 Å². The smallest absolute Gasteiger partial charge is 0.270 e. The minimum Gasteiger partial charge on any atom is -0.489 e. The zero-order chi connectivity index (χ0) is 26.4. The topological polar surface area (TPSA) is 192 Å². The Morgan fingerprint density at radius 2 is 1.68 bits per heavy atom. The number of benzene rings is 2. The van der Waals surface area contributed by atoms with Crippen LogP contribution in [0.15, 0.2) is 42.5 Å². The Morgan fingerprint density at radius 3 is 2.38 bits per heavy atom. The summed E-state index contributed by atoms with van der Waals surface area (Å²) in [4.78, 5) is 41.5. The van der Waals surface area contributed by atoms with Crippen LogP contribution in [0.1, 0.15) is 27.0 Å². The fourth-order valence-electron chi connectivity index (χ4n) is 4.94. The zero-order valence-electron chi connectivity index (χ0n) is 20.3. The number of carbonyl (C=O) groups is 3. The lowest BCUT2D eigenvalue weighted by Gasteiger charge is -2.51. The van der Waals surface area contributed by atoms with E-state index in [1.54, 1.807) is 18.2 Å². The van der Waals surface area contributed by atoms with Gasteiger partial charge in [0.1, 0.15) is 24.1 Å². The van der Waals surface area contributed by atoms with Crippen LogP contribution in [0.4, 0.5) is 0 Å². The van der Waals surface area contributed by atoms with Crippen LogP contribution in [-0.2, 0) is 34.0 Å². The molecule has 5 rings (SSSR count). The first-order valence-corrected chi connectivity index (χ1v) is 12.0. The maximum Gasteiger partial charge on any atom is 0.270 e. The Kier molecular flexibility index (Phi) is 6.48. The highest BCUT2D eigenvalue weighted by molar-refractivity contribution is 6.10. The predicted molar refractivity (Wildman–Crippen MR) is 132 cm³/mol. The van der Waals surface area contributed by atoms with E-state index in [0.717, 1.165) is 43.3 Å².